The Morgan fingerprint density at radius 1 is 1.25 bits per heavy atom. The van der Waals surface area contributed by atoms with Crippen LogP contribution in [0.3, 0.4) is 0 Å². The summed E-state index contributed by atoms with van der Waals surface area (Å²) >= 11 is 0. The molecule has 0 radical (unpaired) electrons. The molecule has 0 amide bonds. The molecule has 1 aromatic rings. The summed E-state index contributed by atoms with van der Waals surface area (Å²) in [5.41, 5.74) is 2.45. The molecule has 2 nitrogen and oxygen atoms in total. The van der Waals surface area contributed by atoms with E-state index in [1.807, 2.05) is 12.1 Å². The molecular weight excluding hydrogens is 200 g/mol. The van der Waals surface area contributed by atoms with Gasteiger partial charge in [-0.3, -0.25) is 0 Å². The Kier molecular flexibility index (Phi) is 5.03. The van der Waals surface area contributed by atoms with Crippen LogP contribution in [0.4, 0.5) is 0 Å². The fraction of sp³-hybridized carbons (Fsp3) is 0.500. The van der Waals surface area contributed by atoms with E-state index in [0.29, 0.717) is 13.0 Å². The van der Waals surface area contributed by atoms with E-state index in [0.717, 1.165) is 18.6 Å². The number of ketones is 1. The number of rotatable bonds is 6. The average molecular weight is 220 g/mol. The highest BCUT2D eigenvalue weighted by Gasteiger charge is 2.01. The van der Waals surface area contributed by atoms with Crippen molar-refractivity contribution in [3.05, 3.63) is 29.3 Å². The largest absolute Gasteiger partial charge is 0.493 e. The van der Waals surface area contributed by atoms with E-state index < -0.39 is 0 Å². The first-order valence-corrected chi connectivity index (χ1v) is 5.79. The SMILES string of the molecule is CC(=O)CCCCOc1cccc(C)c1C. The quantitative estimate of drug-likeness (QED) is 0.686. The minimum atomic E-state index is 0.256. The fourth-order valence-electron chi connectivity index (χ4n) is 1.54. The lowest BCUT2D eigenvalue weighted by molar-refractivity contribution is -0.117. The number of carbonyl (C=O) groups excluding carboxylic acids is 1. The van der Waals surface area contributed by atoms with E-state index in [4.69, 9.17) is 4.74 Å². The molecule has 0 aliphatic carbocycles. The highest BCUT2D eigenvalue weighted by atomic mass is 16.5. The van der Waals surface area contributed by atoms with Crippen molar-refractivity contribution in [1.82, 2.24) is 0 Å². The smallest absolute Gasteiger partial charge is 0.129 e. The first-order valence-electron chi connectivity index (χ1n) is 5.79. The molecule has 2 heteroatoms. The number of aryl methyl sites for hydroxylation is 1. The van der Waals surface area contributed by atoms with Crippen molar-refractivity contribution in [1.29, 1.82) is 0 Å². The summed E-state index contributed by atoms with van der Waals surface area (Å²) < 4.78 is 5.69. The highest BCUT2D eigenvalue weighted by Crippen LogP contribution is 2.20. The van der Waals surface area contributed by atoms with Gasteiger partial charge in [-0.05, 0) is 50.8 Å². The number of benzene rings is 1. The van der Waals surface area contributed by atoms with Gasteiger partial charge in [0.05, 0.1) is 6.61 Å². The van der Waals surface area contributed by atoms with Gasteiger partial charge in [0, 0.05) is 6.42 Å². The number of unbranched alkanes of at least 4 members (excludes halogenated alkanes) is 1. The second-order valence-electron chi connectivity index (χ2n) is 4.21. The van der Waals surface area contributed by atoms with Gasteiger partial charge in [0.25, 0.3) is 0 Å². The lowest BCUT2D eigenvalue weighted by Gasteiger charge is -2.10. The van der Waals surface area contributed by atoms with Crippen LogP contribution in [0.25, 0.3) is 0 Å². The Balaban J connectivity index is 2.32. The molecule has 0 fully saturated rings. The second kappa shape index (κ2) is 6.31. The summed E-state index contributed by atoms with van der Waals surface area (Å²) in [4.78, 5) is 10.7. The van der Waals surface area contributed by atoms with Crippen molar-refractivity contribution in [3.63, 3.8) is 0 Å². The normalized spacial score (nSPS) is 10.2. The van der Waals surface area contributed by atoms with E-state index in [-0.39, 0.29) is 5.78 Å². The number of Topliss-reactive ketones (excluding diaryl/α,β-unsaturated/α-hetero) is 1. The van der Waals surface area contributed by atoms with Crippen molar-refractivity contribution in [2.45, 2.75) is 40.0 Å². The third-order valence-electron chi connectivity index (χ3n) is 2.74. The zero-order chi connectivity index (χ0) is 12.0. The van der Waals surface area contributed by atoms with Gasteiger partial charge in [-0.2, -0.15) is 0 Å². The van der Waals surface area contributed by atoms with Crippen LogP contribution in [0.2, 0.25) is 0 Å². The third kappa shape index (κ3) is 4.05. The standard InChI is InChI=1S/C14H20O2/c1-11-7-6-9-14(13(11)3)16-10-5-4-8-12(2)15/h6-7,9H,4-5,8,10H2,1-3H3. The zero-order valence-corrected chi connectivity index (χ0v) is 10.4. The summed E-state index contributed by atoms with van der Waals surface area (Å²) in [5.74, 6) is 1.22. The Morgan fingerprint density at radius 2 is 2.00 bits per heavy atom. The lowest BCUT2D eigenvalue weighted by atomic mass is 10.1. The van der Waals surface area contributed by atoms with Crippen molar-refractivity contribution < 1.29 is 9.53 Å². The first kappa shape index (κ1) is 12.8. The number of hydrogen-bond donors (Lipinski definition) is 0. The van der Waals surface area contributed by atoms with Gasteiger partial charge in [0.2, 0.25) is 0 Å². The molecule has 0 unspecified atom stereocenters. The highest BCUT2D eigenvalue weighted by molar-refractivity contribution is 5.75. The van der Waals surface area contributed by atoms with Crippen molar-refractivity contribution in [2.24, 2.45) is 0 Å². The van der Waals surface area contributed by atoms with Crippen LogP contribution < -0.4 is 4.74 Å². The minimum absolute atomic E-state index is 0.256. The van der Waals surface area contributed by atoms with E-state index >= 15 is 0 Å². The molecule has 1 aromatic carbocycles. The third-order valence-corrected chi connectivity index (χ3v) is 2.74. The lowest BCUT2D eigenvalue weighted by Crippen LogP contribution is -2.00. The van der Waals surface area contributed by atoms with Gasteiger partial charge in [-0.15, -0.1) is 0 Å². The second-order valence-corrected chi connectivity index (χ2v) is 4.21. The van der Waals surface area contributed by atoms with Crippen molar-refractivity contribution in [2.75, 3.05) is 6.61 Å². The average Bonchev–Trinajstić information content (AvgIpc) is 2.23. The summed E-state index contributed by atoms with van der Waals surface area (Å²) in [6.07, 6.45) is 2.52. The van der Waals surface area contributed by atoms with Crippen LogP contribution in [0.1, 0.15) is 37.3 Å². The van der Waals surface area contributed by atoms with Gasteiger partial charge < -0.3 is 9.53 Å². The Morgan fingerprint density at radius 3 is 2.69 bits per heavy atom. The molecule has 0 aliphatic rings. The molecular formula is C14H20O2. The van der Waals surface area contributed by atoms with Crippen molar-refractivity contribution in [3.8, 4) is 5.75 Å². The maximum Gasteiger partial charge on any atom is 0.129 e. The van der Waals surface area contributed by atoms with E-state index in [1.165, 1.54) is 11.1 Å². The molecule has 0 heterocycles. The molecule has 0 N–H and O–H groups in total. The molecule has 88 valence electrons. The van der Waals surface area contributed by atoms with Crippen LogP contribution in [0.5, 0.6) is 5.75 Å². The van der Waals surface area contributed by atoms with Crippen LogP contribution in [-0.4, -0.2) is 12.4 Å². The Bertz CT molecular complexity index is 356. The fourth-order valence-corrected chi connectivity index (χ4v) is 1.54. The first-order chi connectivity index (χ1) is 7.61. The molecule has 0 aliphatic heterocycles. The molecule has 0 saturated heterocycles. The summed E-state index contributed by atoms with van der Waals surface area (Å²) in [7, 11) is 0. The Labute approximate surface area is 97.6 Å². The van der Waals surface area contributed by atoms with Gasteiger partial charge in [-0.1, -0.05) is 12.1 Å². The number of ether oxygens (including phenoxy) is 1. The van der Waals surface area contributed by atoms with E-state index in [1.54, 1.807) is 6.92 Å². The van der Waals surface area contributed by atoms with Gasteiger partial charge in [-0.25, -0.2) is 0 Å². The zero-order valence-electron chi connectivity index (χ0n) is 10.4. The number of carbonyl (C=O) groups is 1. The minimum Gasteiger partial charge on any atom is -0.493 e. The van der Waals surface area contributed by atoms with Gasteiger partial charge >= 0.3 is 0 Å². The van der Waals surface area contributed by atoms with Gasteiger partial charge in [0.1, 0.15) is 11.5 Å². The topological polar surface area (TPSA) is 26.3 Å². The van der Waals surface area contributed by atoms with Crippen molar-refractivity contribution >= 4 is 5.78 Å². The van der Waals surface area contributed by atoms with E-state index in [2.05, 4.69) is 19.9 Å². The molecule has 0 saturated carbocycles. The maximum absolute atomic E-state index is 10.7. The molecule has 1 rings (SSSR count). The maximum atomic E-state index is 10.7. The summed E-state index contributed by atoms with van der Waals surface area (Å²) in [5, 5.41) is 0. The van der Waals surface area contributed by atoms with Crippen LogP contribution in [0, 0.1) is 13.8 Å². The van der Waals surface area contributed by atoms with E-state index in [9.17, 15) is 4.79 Å². The predicted molar refractivity (Wildman–Crippen MR) is 65.9 cm³/mol. The van der Waals surface area contributed by atoms with Crippen LogP contribution in [0.15, 0.2) is 18.2 Å². The molecule has 0 bridgehead atoms. The summed E-state index contributed by atoms with van der Waals surface area (Å²) in [6.45, 7) is 6.47. The predicted octanol–water partition coefficient (Wildman–Crippen LogP) is 3.44. The molecule has 0 spiro atoms. The van der Waals surface area contributed by atoms with Crippen LogP contribution in [-0.2, 0) is 4.79 Å². The van der Waals surface area contributed by atoms with Gasteiger partial charge in [0.15, 0.2) is 0 Å². The number of hydrogen-bond acceptors (Lipinski definition) is 2. The Hall–Kier alpha value is -1.31. The summed E-state index contributed by atoms with van der Waals surface area (Å²) in [6, 6.07) is 6.08. The molecule has 16 heavy (non-hydrogen) atoms. The molecule has 0 aromatic heterocycles. The van der Waals surface area contributed by atoms with Crippen LogP contribution >= 0.6 is 0 Å². The molecule has 0 atom stereocenters. The monoisotopic (exact) mass is 220 g/mol.